The molecule has 0 amide bonds. The van der Waals surface area contributed by atoms with Crippen molar-refractivity contribution >= 4 is 0 Å². The monoisotopic (exact) mass is 222 g/mol. The van der Waals surface area contributed by atoms with Gasteiger partial charge in [0.2, 0.25) is 0 Å². The highest BCUT2D eigenvalue weighted by Gasteiger charge is 2.21. The molecular weight excluding hydrogens is 200 g/mol. The Labute approximate surface area is 98.3 Å². The Morgan fingerprint density at radius 3 is 2.19 bits per heavy atom. The van der Waals surface area contributed by atoms with Crippen molar-refractivity contribution in [3.8, 4) is 0 Å². The summed E-state index contributed by atoms with van der Waals surface area (Å²) in [5.74, 6) is 0. The van der Waals surface area contributed by atoms with Gasteiger partial charge in [0.15, 0.2) is 0 Å². The zero-order valence-corrected chi connectivity index (χ0v) is 10.5. The number of hydrogen-bond acceptors (Lipinski definition) is 2. The van der Waals surface area contributed by atoms with Crippen molar-refractivity contribution < 1.29 is 9.84 Å². The molecule has 1 rings (SSSR count). The van der Waals surface area contributed by atoms with E-state index in [1.54, 1.807) is 0 Å². The summed E-state index contributed by atoms with van der Waals surface area (Å²) in [7, 11) is 0. The first kappa shape index (κ1) is 13.2. The molecule has 0 saturated carbocycles. The lowest BCUT2D eigenvalue weighted by molar-refractivity contribution is -0.0562. The molecule has 0 bridgehead atoms. The Morgan fingerprint density at radius 1 is 1.12 bits per heavy atom. The van der Waals surface area contributed by atoms with E-state index < -0.39 is 5.60 Å². The average molecular weight is 222 g/mol. The first-order valence-corrected chi connectivity index (χ1v) is 5.95. The van der Waals surface area contributed by atoms with Crippen LogP contribution in [0.2, 0.25) is 0 Å². The molecule has 2 heteroatoms. The first-order valence-electron chi connectivity index (χ1n) is 5.95. The minimum absolute atomic E-state index is 0.411. The van der Waals surface area contributed by atoms with Gasteiger partial charge in [0.05, 0.1) is 18.8 Å². The fourth-order valence-electron chi connectivity index (χ4n) is 1.50. The van der Waals surface area contributed by atoms with E-state index in [0.717, 1.165) is 18.4 Å². The molecule has 0 unspecified atom stereocenters. The van der Waals surface area contributed by atoms with Gasteiger partial charge in [-0.1, -0.05) is 43.7 Å². The highest BCUT2D eigenvalue weighted by molar-refractivity contribution is 5.20. The molecule has 0 heterocycles. The molecule has 2 nitrogen and oxygen atoms in total. The van der Waals surface area contributed by atoms with E-state index in [-0.39, 0.29) is 0 Å². The normalized spacial score (nSPS) is 11.8. The minimum atomic E-state index is -0.662. The number of aliphatic hydroxyl groups is 1. The Hall–Kier alpha value is -0.860. The minimum Gasteiger partial charge on any atom is -0.388 e. The van der Waals surface area contributed by atoms with E-state index in [1.165, 1.54) is 5.56 Å². The van der Waals surface area contributed by atoms with Crippen molar-refractivity contribution in [2.45, 2.75) is 45.8 Å². The standard InChI is InChI=1S/C14H22O2/c1-4-14(15,5-2)11-16-10-13-8-6-12(3)7-9-13/h6-9,15H,4-5,10-11H2,1-3H3. The van der Waals surface area contributed by atoms with Crippen LogP contribution in [0.5, 0.6) is 0 Å². The van der Waals surface area contributed by atoms with Gasteiger partial charge in [-0.3, -0.25) is 0 Å². The number of rotatable bonds is 6. The lowest BCUT2D eigenvalue weighted by atomic mass is 9.99. The second-order valence-electron chi connectivity index (χ2n) is 4.41. The van der Waals surface area contributed by atoms with Crippen LogP contribution in [-0.2, 0) is 11.3 Å². The lowest BCUT2D eigenvalue weighted by Crippen LogP contribution is -2.32. The van der Waals surface area contributed by atoms with Crippen molar-refractivity contribution in [1.29, 1.82) is 0 Å². The van der Waals surface area contributed by atoms with Crippen LogP contribution >= 0.6 is 0 Å². The molecule has 1 N–H and O–H groups in total. The van der Waals surface area contributed by atoms with Gasteiger partial charge in [0, 0.05) is 0 Å². The quantitative estimate of drug-likeness (QED) is 0.801. The predicted molar refractivity (Wildman–Crippen MR) is 66.4 cm³/mol. The van der Waals surface area contributed by atoms with E-state index in [9.17, 15) is 5.11 Å². The molecule has 0 spiro atoms. The molecular formula is C14H22O2. The van der Waals surface area contributed by atoms with Gasteiger partial charge in [-0.15, -0.1) is 0 Å². The number of aryl methyl sites for hydroxylation is 1. The van der Waals surface area contributed by atoms with Gasteiger partial charge in [-0.2, -0.15) is 0 Å². The Morgan fingerprint density at radius 2 is 1.69 bits per heavy atom. The second kappa shape index (κ2) is 6.02. The summed E-state index contributed by atoms with van der Waals surface area (Å²) in [5.41, 5.74) is 1.74. The Bertz CT molecular complexity index is 299. The summed E-state index contributed by atoms with van der Waals surface area (Å²) >= 11 is 0. The number of ether oxygens (including phenoxy) is 1. The van der Waals surface area contributed by atoms with Gasteiger partial charge in [0.25, 0.3) is 0 Å². The van der Waals surface area contributed by atoms with Gasteiger partial charge >= 0.3 is 0 Å². The van der Waals surface area contributed by atoms with Crippen LogP contribution in [0.1, 0.15) is 37.8 Å². The molecule has 0 aliphatic carbocycles. The molecule has 0 atom stereocenters. The number of benzene rings is 1. The summed E-state index contributed by atoms with van der Waals surface area (Å²) in [6.07, 6.45) is 1.47. The van der Waals surface area contributed by atoms with Crippen molar-refractivity contribution in [3.63, 3.8) is 0 Å². The molecule has 0 saturated heterocycles. The summed E-state index contributed by atoms with van der Waals surface area (Å²) < 4.78 is 5.56. The summed E-state index contributed by atoms with van der Waals surface area (Å²) in [6, 6.07) is 8.27. The average Bonchev–Trinajstić information content (AvgIpc) is 2.31. The third-order valence-corrected chi connectivity index (χ3v) is 3.08. The number of hydrogen-bond donors (Lipinski definition) is 1. The SMILES string of the molecule is CCC(O)(CC)COCc1ccc(C)cc1. The molecule has 90 valence electrons. The smallest absolute Gasteiger partial charge is 0.0875 e. The molecule has 0 aliphatic rings. The van der Waals surface area contributed by atoms with Crippen LogP contribution < -0.4 is 0 Å². The molecule has 0 radical (unpaired) electrons. The van der Waals surface area contributed by atoms with Crippen molar-refractivity contribution in [1.82, 2.24) is 0 Å². The van der Waals surface area contributed by atoms with Gasteiger partial charge in [-0.05, 0) is 25.3 Å². The van der Waals surface area contributed by atoms with Crippen LogP contribution in [0.3, 0.4) is 0 Å². The van der Waals surface area contributed by atoms with Crippen LogP contribution in [0.15, 0.2) is 24.3 Å². The predicted octanol–water partition coefficient (Wildman–Crippen LogP) is 3.06. The molecule has 0 fully saturated rings. The van der Waals surface area contributed by atoms with Crippen LogP contribution in [0.25, 0.3) is 0 Å². The fraction of sp³-hybridized carbons (Fsp3) is 0.571. The molecule has 1 aromatic rings. The van der Waals surface area contributed by atoms with Crippen molar-refractivity contribution in [2.24, 2.45) is 0 Å². The second-order valence-corrected chi connectivity index (χ2v) is 4.41. The maximum absolute atomic E-state index is 10.0. The molecule has 0 aliphatic heterocycles. The van der Waals surface area contributed by atoms with Crippen LogP contribution in [0.4, 0.5) is 0 Å². The van der Waals surface area contributed by atoms with Gasteiger partial charge in [0.1, 0.15) is 0 Å². The van der Waals surface area contributed by atoms with E-state index in [0.29, 0.717) is 13.2 Å². The first-order chi connectivity index (χ1) is 7.59. The van der Waals surface area contributed by atoms with E-state index in [1.807, 2.05) is 13.8 Å². The summed E-state index contributed by atoms with van der Waals surface area (Å²) in [5, 5.41) is 10.0. The summed E-state index contributed by atoms with van der Waals surface area (Å²) in [4.78, 5) is 0. The maximum Gasteiger partial charge on any atom is 0.0875 e. The zero-order chi connectivity index (χ0) is 12.0. The van der Waals surface area contributed by atoms with Crippen molar-refractivity contribution in [3.05, 3.63) is 35.4 Å². The third-order valence-electron chi connectivity index (χ3n) is 3.08. The zero-order valence-electron chi connectivity index (χ0n) is 10.5. The topological polar surface area (TPSA) is 29.5 Å². The van der Waals surface area contributed by atoms with E-state index >= 15 is 0 Å². The van der Waals surface area contributed by atoms with E-state index in [2.05, 4.69) is 31.2 Å². The Kier molecular flexibility index (Phi) is 4.97. The summed E-state index contributed by atoms with van der Waals surface area (Å²) in [6.45, 7) is 7.02. The fourth-order valence-corrected chi connectivity index (χ4v) is 1.50. The molecule has 0 aromatic heterocycles. The van der Waals surface area contributed by atoms with Crippen molar-refractivity contribution in [2.75, 3.05) is 6.61 Å². The molecule has 16 heavy (non-hydrogen) atoms. The third kappa shape index (κ3) is 3.95. The highest BCUT2D eigenvalue weighted by Crippen LogP contribution is 2.15. The Balaban J connectivity index is 2.38. The molecule has 1 aromatic carbocycles. The van der Waals surface area contributed by atoms with E-state index in [4.69, 9.17) is 4.74 Å². The highest BCUT2D eigenvalue weighted by atomic mass is 16.5. The van der Waals surface area contributed by atoms with Crippen LogP contribution in [-0.4, -0.2) is 17.3 Å². The lowest BCUT2D eigenvalue weighted by Gasteiger charge is -2.24. The van der Waals surface area contributed by atoms with Crippen LogP contribution in [0, 0.1) is 6.92 Å². The van der Waals surface area contributed by atoms with Gasteiger partial charge < -0.3 is 9.84 Å². The van der Waals surface area contributed by atoms with Gasteiger partial charge in [-0.25, -0.2) is 0 Å². The maximum atomic E-state index is 10.0. The largest absolute Gasteiger partial charge is 0.388 e.